The topological polar surface area (TPSA) is 40.5 Å². The number of rotatable bonds is 3. The normalized spacial score (nSPS) is 9.93. The Morgan fingerprint density at radius 2 is 2.21 bits per heavy atom. The largest absolute Gasteiger partial charge is 0.478 e. The van der Waals surface area contributed by atoms with Crippen molar-refractivity contribution in [2.75, 3.05) is 18.5 Å². The molecular weight excluding hydrogens is 246 g/mol. The van der Waals surface area contributed by atoms with Crippen LogP contribution in [0.5, 0.6) is 0 Å². The Morgan fingerprint density at radius 1 is 1.57 bits per heavy atom. The number of halogens is 1. The number of carboxylic acid groups (broad SMARTS) is 1. The van der Waals surface area contributed by atoms with Crippen LogP contribution in [-0.2, 0) is 0 Å². The molecule has 0 atom stereocenters. The van der Waals surface area contributed by atoms with Crippen LogP contribution in [0.25, 0.3) is 0 Å². The van der Waals surface area contributed by atoms with Crippen molar-refractivity contribution in [1.29, 1.82) is 0 Å². The van der Waals surface area contributed by atoms with Crippen LogP contribution in [0.3, 0.4) is 0 Å². The molecule has 1 N–H and O–H groups in total. The molecule has 1 rings (SSSR count). The Kier molecular flexibility index (Phi) is 3.52. The van der Waals surface area contributed by atoms with Crippen molar-refractivity contribution in [3.63, 3.8) is 0 Å². The van der Waals surface area contributed by atoms with Crippen LogP contribution in [0.4, 0.5) is 5.69 Å². The molecule has 0 unspecified atom stereocenters. The molecule has 3 nitrogen and oxygen atoms in total. The highest BCUT2D eigenvalue weighted by Crippen LogP contribution is 2.24. The summed E-state index contributed by atoms with van der Waals surface area (Å²) in [5.41, 5.74) is 1.06. The van der Waals surface area contributed by atoms with Gasteiger partial charge in [0, 0.05) is 18.1 Å². The molecule has 0 bridgehead atoms. The first-order valence-corrected chi connectivity index (χ1v) is 5.09. The van der Waals surface area contributed by atoms with Gasteiger partial charge < -0.3 is 10.0 Å². The van der Waals surface area contributed by atoms with Gasteiger partial charge in [0.15, 0.2) is 0 Å². The summed E-state index contributed by atoms with van der Waals surface area (Å²) < 4.78 is 0.887. The average Bonchev–Trinajstić information content (AvgIpc) is 2.16. The van der Waals surface area contributed by atoms with Gasteiger partial charge in [-0.3, -0.25) is 0 Å². The predicted molar refractivity (Wildman–Crippen MR) is 60.0 cm³/mol. The minimum absolute atomic E-state index is 0.331. The third-order valence-electron chi connectivity index (χ3n) is 2.08. The van der Waals surface area contributed by atoms with E-state index in [0.29, 0.717) is 5.56 Å². The maximum absolute atomic E-state index is 10.9. The smallest absolute Gasteiger partial charge is 0.337 e. The van der Waals surface area contributed by atoms with Crippen molar-refractivity contribution in [2.24, 2.45) is 0 Å². The van der Waals surface area contributed by atoms with Crippen LogP contribution in [0, 0.1) is 0 Å². The zero-order valence-electron chi connectivity index (χ0n) is 8.12. The highest BCUT2D eigenvalue weighted by Gasteiger charge is 2.12. The van der Waals surface area contributed by atoms with Gasteiger partial charge in [-0.25, -0.2) is 4.79 Å². The number of nitrogens with zero attached hydrogens (tertiary/aromatic N) is 1. The monoisotopic (exact) mass is 257 g/mol. The summed E-state index contributed by atoms with van der Waals surface area (Å²) in [5.74, 6) is -0.896. The molecule has 0 aliphatic carbocycles. The van der Waals surface area contributed by atoms with E-state index in [1.54, 1.807) is 12.1 Å². The second kappa shape index (κ2) is 4.46. The molecule has 14 heavy (non-hydrogen) atoms. The van der Waals surface area contributed by atoms with Crippen LogP contribution in [-0.4, -0.2) is 24.7 Å². The molecule has 76 valence electrons. The standard InChI is InChI=1S/C10H12BrNO2/c1-3-12(2)9-6-7(11)4-5-8(9)10(13)14/h4-6H,3H2,1-2H3,(H,13,14). The number of hydrogen-bond acceptors (Lipinski definition) is 2. The van der Waals surface area contributed by atoms with Crippen LogP contribution in [0.15, 0.2) is 22.7 Å². The fourth-order valence-corrected chi connectivity index (χ4v) is 1.52. The summed E-state index contributed by atoms with van der Waals surface area (Å²) >= 11 is 3.32. The van der Waals surface area contributed by atoms with E-state index in [9.17, 15) is 4.79 Å². The van der Waals surface area contributed by atoms with Crippen LogP contribution < -0.4 is 4.90 Å². The quantitative estimate of drug-likeness (QED) is 0.905. The SMILES string of the molecule is CCN(C)c1cc(Br)ccc1C(=O)O. The molecule has 0 aromatic heterocycles. The van der Waals surface area contributed by atoms with E-state index in [4.69, 9.17) is 5.11 Å². The molecule has 0 saturated heterocycles. The van der Waals surface area contributed by atoms with Crippen molar-refractivity contribution in [3.05, 3.63) is 28.2 Å². The van der Waals surface area contributed by atoms with E-state index in [0.717, 1.165) is 16.7 Å². The Hall–Kier alpha value is -1.03. The van der Waals surface area contributed by atoms with Crippen LogP contribution in [0.1, 0.15) is 17.3 Å². The molecule has 0 aliphatic heterocycles. The lowest BCUT2D eigenvalue weighted by molar-refractivity contribution is 0.0697. The summed E-state index contributed by atoms with van der Waals surface area (Å²) in [6, 6.07) is 5.15. The third kappa shape index (κ3) is 2.26. The number of carbonyl (C=O) groups is 1. The summed E-state index contributed by atoms with van der Waals surface area (Å²) in [7, 11) is 1.87. The van der Waals surface area contributed by atoms with Gasteiger partial charge in [0.05, 0.1) is 11.3 Å². The molecular formula is C10H12BrNO2. The van der Waals surface area contributed by atoms with Crippen molar-refractivity contribution in [2.45, 2.75) is 6.92 Å². The molecule has 0 saturated carbocycles. The number of carboxylic acids is 1. The molecule has 4 heteroatoms. The zero-order chi connectivity index (χ0) is 10.7. The first kappa shape index (κ1) is 11.0. The molecule has 0 heterocycles. The van der Waals surface area contributed by atoms with E-state index in [-0.39, 0.29) is 0 Å². The number of aromatic carboxylic acids is 1. The third-order valence-corrected chi connectivity index (χ3v) is 2.57. The fourth-order valence-electron chi connectivity index (χ4n) is 1.17. The second-order valence-corrected chi connectivity index (χ2v) is 3.90. The molecule has 1 aromatic carbocycles. The fraction of sp³-hybridized carbons (Fsp3) is 0.300. The Balaban J connectivity index is 3.22. The number of anilines is 1. The van der Waals surface area contributed by atoms with Gasteiger partial charge in [0.2, 0.25) is 0 Å². The lowest BCUT2D eigenvalue weighted by Gasteiger charge is -2.19. The second-order valence-electron chi connectivity index (χ2n) is 2.98. The van der Waals surface area contributed by atoms with Crippen molar-refractivity contribution >= 4 is 27.6 Å². The maximum Gasteiger partial charge on any atom is 0.337 e. The Bertz CT molecular complexity index is 352. The first-order valence-electron chi connectivity index (χ1n) is 4.30. The van der Waals surface area contributed by atoms with E-state index in [1.165, 1.54) is 0 Å². The van der Waals surface area contributed by atoms with E-state index in [1.807, 2.05) is 24.9 Å². The summed E-state index contributed by atoms with van der Waals surface area (Å²) in [6.45, 7) is 2.75. The molecule has 0 amide bonds. The van der Waals surface area contributed by atoms with Crippen molar-refractivity contribution < 1.29 is 9.90 Å². The van der Waals surface area contributed by atoms with Crippen molar-refractivity contribution in [1.82, 2.24) is 0 Å². The van der Waals surface area contributed by atoms with Gasteiger partial charge in [-0.1, -0.05) is 15.9 Å². The Morgan fingerprint density at radius 3 is 2.71 bits per heavy atom. The summed E-state index contributed by atoms with van der Waals surface area (Å²) in [6.07, 6.45) is 0. The van der Waals surface area contributed by atoms with E-state index < -0.39 is 5.97 Å². The van der Waals surface area contributed by atoms with Gasteiger partial charge in [-0.05, 0) is 25.1 Å². The molecule has 1 aromatic rings. The highest BCUT2D eigenvalue weighted by atomic mass is 79.9. The minimum atomic E-state index is -0.896. The Labute approximate surface area is 91.5 Å². The maximum atomic E-state index is 10.9. The van der Waals surface area contributed by atoms with E-state index in [2.05, 4.69) is 15.9 Å². The van der Waals surface area contributed by atoms with Gasteiger partial charge in [0.25, 0.3) is 0 Å². The summed E-state index contributed by atoms with van der Waals surface area (Å²) in [4.78, 5) is 12.8. The lowest BCUT2D eigenvalue weighted by atomic mass is 10.1. The van der Waals surface area contributed by atoms with Crippen molar-refractivity contribution in [3.8, 4) is 0 Å². The minimum Gasteiger partial charge on any atom is -0.478 e. The number of hydrogen-bond donors (Lipinski definition) is 1. The first-order chi connectivity index (χ1) is 6.56. The molecule has 0 aliphatic rings. The molecule has 0 fully saturated rings. The van der Waals surface area contributed by atoms with Crippen LogP contribution >= 0.6 is 15.9 Å². The average molecular weight is 258 g/mol. The lowest BCUT2D eigenvalue weighted by Crippen LogP contribution is -2.19. The van der Waals surface area contributed by atoms with Gasteiger partial charge in [-0.2, -0.15) is 0 Å². The van der Waals surface area contributed by atoms with E-state index >= 15 is 0 Å². The van der Waals surface area contributed by atoms with Gasteiger partial charge in [-0.15, -0.1) is 0 Å². The predicted octanol–water partition coefficient (Wildman–Crippen LogP) is 2.60. The number of benzene rings is 1. The van der Waals surface area contributed by atoms with Gasteiger partial charge in [0.1, 0.15) is 0 Å². The molecule has 0 radical (unpaired) electrons. The van der Waals surface area contributed by atoms with Gasteiger partial charge >= 0.3 is 5.97 Å². The molecule has 0 spiro atoms. The zero-order valence-corrected chi connectivity index (χ0v) is 9.71. The van der Waals surface area contributed by atoms with Crippen LogP contribution in [0.2, 0.25) is 0 Å². The highest BCUT2D eigenvalue weighted by molar-refractivity contribution is 9.10. The summed E-state index contributed by atoms with van der Waals surface area (Å²) in [5, 5.41) is 8.96.